The molecule has 1 aromatic carbocycles. The van der Waals surface area contributed by atoms with Crippen LogP contribution in [0.4, 0.5) is 0 Å². The Bertz CT molecular complexity index is 420. The van der Waals surface area contributed by atoms with E-state index in [4.69, 9.17) is 11.6 Å². The van der Waals surface area contributed by atoms with Crippen molar-refractivity contribution in [2.75, 3.05) is 20.1 Å². The molecule has 1 amide bonds. The minimum Gasteiger partial charge on any atom is -0.336 e. The fourth-order valence-electron chi connectivity index (χ4n) is 1.56. The molecular formula is C11H12ClIN2O. The Morgan fingerprint density at radius 1 is 1.56 bits per heavy atom. The van der Waals surface area contributed by atoms with Crippen LogP contribution in [0.1, 0.15) is 10.4 Å². The quantitative estimate of drug-likeness (QED) is 0.828. The molecule has 1 aliphatic rings. The largest absolute Gasteiger partial charge is 0.336 e. The van der Waals surface area contributed by atoms with E-state index in [-0.39, 0.29) is 5.91 Å². The maximum absolute atomic E-state index is 12.2. The van der Waals surface area contributed by atoms with Crippen LogP contribution >= 0.6 is 34.2 Å². The summed E-state index contributed by atoms with van der Waals surface area (Å²) in [7, 11) is 1.84. The average molecular weight is 351 g/mol. The van der Waals surface area contributed by atoms with Crippen molar-refractivity contribution in [1.82, 2.24) is 10.2 Å². The molecule has 0 bridgehead atoms. The number of halogens is 2. The Labute approximate surface area is 113 Å². The number of nitrogens with zero attached hydrogens (tertiary/aromatic N) is 1. The minimum atomic E-state index is 0.0402. The highest BCUT2D eigenvalue weighted by Gasteiger charge is 2.26. The van der Waals surface area contributed by atoms with Gasteiger partial charge in [-0.15, -0.1) is 0 Å². The van der Waals surface area contributed by atoms with E-state index in [9.17, 15) is 4.79 Å². The molecule has 3 nitrogen and oxygen atoms in total. The molecule has 0 aromatic heterocycles. The summed E-state index contributed by atoms with van der Waals surface area (Å²) < 4.78 is 0.936. The van der Waals surface area contributed by atoms with Gasteiger partial charge in [0.15, 0.2) is 0 Å². The SMILES string of the molecule is CN(C(=O)c1cc(Cl)ccc1I)C1CNC1. The molecule has 0 spiro atoms. The first-order valence-corrected chi connectivity index (χ1v) is 6.48. The standard InChI is InChI=1S/C11H12ClIN2O/c1-15(8-5-14-6-8)11(16)9-4-7(12)2-3-10(9)13/h2-4,8,14H,5-6H2,1H3. The van der Waals surface area contributed by atoms with Gasteiger partial charge in [-0.1, -0.05) is 11.6 Å². The van der Waals surface area contributed by atoms with Gasteiger partial charge in [-0.3, -0.25) is 4.79 Å². The molecule has 16 heavy (non-hydrogen) atoms. The number of rotatable bonds is 2. The summed E-state index contributed by atoms with van der Waals surface area (Å²) in [5.74, 6) is 0.0402. The first-order chi connectivity index (χ1) is 7.59. The van der Waals surface area contributed by atoms with E-state index in [0.29, 0.717) is 16.6 Å². The van der Waals surface area contributed by atoms with Crippen molar-refractivity contribution in [2.24, 2.45) is 0 Å². The lowest BCUT2D eigenvalue weighted by Crippen LogP contribution is -2.57. The number of nitrogens with one attached hydrogen (secondary N) is 1. The van der Waals surface area contributed by atoms with Crippen molar-refractivity contribution in [1.29, 1.82) is 0 Å². The van der Waals surface area contributed by atoms with Crippen LogP contribution in [-0.2, 0) is 0 Å². The van der Waals surface area contributed by atoms with Crippen molar-refractivity contribution in [3.05, 3.63) is 32.4 Å². The lowest BCUT2D eigenvalue weighted by molar-refractivity contribution is 0.0680. The van der Waals surface area contributed by atoms with Crippen molar-refractivity contribution in [2.45, 2.75) is 6.04 Å². The zero-order valence-corrected chi connectivity index (χ0v) is 11.7. The first-order valence-electron chi connectivity index (χ1n) is 5.02. The van der Waals surface area contributed by atoms with E-state index >= 15 is 0 Å². The van der Waals surface area contributed by atoms with Gasteiger partial charge in [-0.25, -0.2) is 0 Å². The molecule has 0 unspecified atom stereocenters. The second-order valence-electron chi connectivity index (χ2n) is 3.85. The average Bonchev–Trinajstić information content (AvgIpc) is 2.18. The van der Waals surface area contributed by atoms with Gasteiger partial charge in [0.25, 0.3) is 5.91 Å². The van der Waals surface area contributed by atoms with Crippen molar-refractivity contribution in [3.8, 4) is 0 Å². The van der Waals surface area contributed by atoms with E-state index < -0.39 is 0 Å². The second kappa shape index (κ2) is 4.89. The molecule has 2 rings (SSSR count). The molecule has 1 fully saturated rings. The Kier molecular flexibility index (Phi) is 3.71. The van der Waals surface area contributed by atoms with Crippen LogP contribution in [0.5, 0.6) is 0 Å². The van der Waals surface area contributed by atoms with Gasteiger partial charge in [-0.05, 0) is 40.8 Å². The fraction of sp³-hybridized carbons (Fsp3) is 0.364. The Hall–Kier alpha value is -0.330. The van der Waals surface area contributed by atoms with E-state index in [1.807, 2.05) is 13.1 Å². The van der Waals surface area contributed by atoms with Crippen LogP contribution in [0.3, 0.4) is 0 Å². The summed E-state index contributed by atoms with van der Waals surface area (Å²) in [6.07, 6.45) is 0. The van der Waals surface area contributed by atoms with Crippen LogP contribution in [0.15, 0.2) is 18.2 Å². The third-order valence-corrected chi connectivity index (χ3v) is 3.96. The third kappa shape index (κ3) is 2.33. The Balaban J connectivity index is 2.22. The van der Waals surface area contributed by atoms with E-state index in [1.54, 1.807) is 17.0 Å². The molecule has 86 valence electrons. The number of hydrogen-bond acceptors (Lipinski definition) is 2. The van der Waals surface area contributed by atoms with Crippen LogP contribution in [0.2, 0.25) is 5.02 Å². The Morgan fingerprint density at radius 2 is 2.25 bits per heavy atom. The number of hydrogen-bond donors (Lipinski definition) is 1. The molecule has 1 heterocycles. The number of benzene rings is 1. The van der Waals surface area contributed by atoms with Gasteiger partial charge in [0, 0.05) is 28.7 Å². The predicted octanol–water partition coefficient (Wildman–Crippen LogP) is 1.99. The fourth-order valence-corrected chi connectivity index (χ4v) is 2.30. The highest BCUT2D eigenvalue weighted by molar-refractivity contribution is 14.1. The summed E-state index contributed by atoms with van der Waals surface area (Å²) in [6.45, 7) is 1.75. The first kappa shape index (κ1) is 12.1. The van der Waals surface area contributed by atoms with E-state index in [2.05, 4.69) is 27.9 Å². The lowest BCUT2D eigenvalue weighted by Gasteiger charge is -2.35. The number of likely N-dealkylation sites (N-methyl/N-ethyl adjacent to an activating group) is 1. The predicted molar refractivity (Wildman–Crippen MR) is 72.9 cm³/mol. The third-order valence-electron chi connectivity index (χ3n) is 2.79. The molecule has 1 saturated heterocycles. The highest BCUT2D eigenvalue weighted by Crippen LogP contribution is 2.20. The number of carbonyl (C=O) groups excluding carboxylic acids is 1. The monoisotopic (exact) mass is 350 g/mol. The maximum atomic E-state index is 12.2. The van der Waals surface area contributed by atoms with Crippen LogP contribution < -0.4 is 5.32 Å². The molecular weight excluding hydrogens is 338 g/mol. The molecule has 0 radical (unpaired) electrons. The van der Waals surface area contributed by atoms with Crippen molar-refractivity contribution in [3.63, 3.8) is 0 Å². The molecule has 5 heteroatoms. The lowest BCUT2D eigenvalue weighted by atomic mass is 10.1. The second-order valence-corrected chi connectivity index (χ2v) is 5.45. The number of amides is 1. The van der Waals surface area contributed by atoms with Crippen LogP contribution in [0, 0.1) is 3.57 Å². The van der Waals surface area contributed by atoms with Crippen LogP contribution in [0.25, 0.3) is 0 Å². The van der Waals surface area contributed by atoms with Gasteiger partial charge in [-0.2, -0.15) is 0 Å². The van der Waals surface area contributed by atoms with Crippen LogP contribution in [-0.4, -0.2) is 37.0 Å². The van der Waals surface area contributed by atoms with Crippen molar-refractivity contribution >= 4 is 40.1 Å². The van der Waals surface area contributed by atoms with Gasteiger partial charge in [0.1, 0.15) is 0 Å². The van der Waals surface area contributed by atoms with Gasteiger partial charge in [0.05, 0.1) is 11.6 Å². The molecule has 0 saturated carbocycles. The van der Waals surface area contributed by atoms with Crippen molar-refractivity contribution < 1.29 is 4.79 Å². The summed E-state index contributed by atoms with van der Waals surface area (Å²) in [5.41, 5.74) is 0.683. The van der Waals surface area contributed by atoms with Gasteiger partial charge >= 0.3 is 0 Å². The summed E-state index contributed by atoms with van der Waals surface area (Å²) in [4.78, 5) is 14.0. The molecule has 1 aliphatic heterocycles. The van der Waals surface area contributed by atoms with Gasteiger partial charge in [0.2, 0.25) is 0 Å². The smallest absolute Gasteiger partial charge is 0.255 e. The normalized spacial score (nSPS) is 15.7. The maximum Gasteiger partial charge on any atom is 0.255 e. The minimum absolute atomic E-state index is 0.0402. The van der Waals surface area contributed by atoms with E-state index in [1.165, 1.54) is 0 Å². The molecule has 1 aromatic rings. The summed E-state index contributed by atoms with van der Waals surface area (Å²) >= 11 is 8.06. The zero-order valence-electron chi connectivity index (χ0n) is 8.84. The Morgan fingerprint density at radius 3 is 2.81 bits per heavy atom. The molecule has 0 atom stereocenters. The van der Waals surface area contributed by atoms with E-state index in [0.717, 1.165) is 16.7 Å². The summed E-state index contributed by atoms with van der Waals surface area (Å²) in [6, 6.07) is 5.70. The highest BCUT2D eigenvalue weighted by atomic mass is 127. The topological polar surface area (TPSA) is 32.3 Å². The van der Waals surface area contributed by atoms with Gasteiger partial charge < -0.3 is 10.2 Å². The molecule has 0 aliphatic carbocycles. The zero-order chi connectivity index (χ0) is 11.7. The summed E-state index contributed by atoms with van der Waals surface area (Å²) in [5, 5.41) is 3.75. The molecule has 1 N–H and O–H groups in total. The number of carbonyl (C=O) groups is 1.